The van der Waals surface area contributed by atoms with Gasteiger partial charge in [-0.2, -0.15) is 0 Å². The summed E-state index contributed by atoms with van der Waals surface area (Å²) < 4.78 is 12.0. The average molecular weight is 354 g/mol. The number of fused-ring (bicyclic) bond motifs is 3. The van der Waals surface area contributed by atoms with Gasteiger partial charge in [-0.3, -0.25) is 4.79 Å². The molecule has 26 heavy (non-hydrogen) atoms. The van der Waals surface area contributed by atoms with E-state index in [0.717, 1.165) is 31.6 Å². The first kappa shape index (κ1) is 15.9. The molecule has 3 nitrogen and oxygen atoms in total. The van der Waals surface area contributed by atoms with E-state index in [-0.39, 0.29) is 11.0 Å². The summed E-state index contributed by atoms with van der Waals surface area (Å²) >= 11 is 0. The number of hydrogen-bond acceptors (Lipinski definition) is 3. The second kappa shape index (κ2) is 4.84. The van der Waals surface area contributed by atoms with Gasteiger partial charge in [0.2, 0.25) is 0 Å². The zero-order valence-corrected chi connectivity index (χ0v) is 16.0. The molecule has 5 aliphatic rings. The Bertz CT molecular complexity index is 754. The van der Waals surface area contributed by atoms with E-state index in [1.165, 1.54) is 31.2 Å². The molecule has 0 aromatic carbocycles. The molecule has 1 spiro atoms. The fourth-order valence-corrected chi connectivity index (χ4v) is 8.45. The highest BCUT2D eigenvalue weighted by molar-refractivity contribution is 5.79. The van der Waals surface area contributed by atoms with Crippen LogP contribution in [0.4, 0.5) is 0 Å². The standard InChI is InChI=1S/C23H30O3/c1-21-8-5-16(24)11-15(21)3-4-18-17(21)6-9-22(2)19(14-7-10-25-13-14)12-20-23(18,22)26-20/h7,10,13,15,17-20H,3-6,8-9,11-12H2,1-2H3/t15-,17+,18-,19-,20-,21+,22-,23-/m1/s1. The smallest absolute Gasteiger partial charge is 0.133 e. The number of ether oxygens (including phenoxy) is 1. The lowest BCUT2D eigenvalue weighted by atomic mass is 9.44. The summed E-state index contributed by atoms with van der Waals surface area (Å²) in [5.74, 6) is 3.15. The van der Waals surface area contributed by atoms with Gasteiger partial charge in [-0.1, -0.05) is 13.8 Å². The van der Waals surface area contributed by atoms with E-state index in [4.69, 9.17) is 9.15 Å². The van der Waals surface area contributed by atoms with Gasteiger partial charge in [0.15, 0.2) is 0 Å². The lowest BCUT2D eigenvalue weighted by molar-refractivity contribution is -0.144. The van der Waals surface area contributed by atoms with Gasteiger partial charge in [0, 0.05) is 18.3 Å². The molecule has 1 aliphatic heterocycles. The van der Waals surface area contributed by atoms with Crippen LogP contribution < -0.4 is 0 Å². The maximum absolute atomic E-state index is 12.1. The maximum atomic E-state index is 12.1. The third kappa shape index (κ3) is 1.68. The van der Waals surface area contributed by atoms with Crippen LogP contribution in [-0.4, -0.2) is 17.5 Å². The van der Waals surface area contributed by atoms with Crippen LogP contribution in [-0.2, 0) is 9.53 Å². The summed E-state index contributed by atoms with van der Waals surface area (Å²) in [4.78, 5) is 12.1. The molecule has 0 amide bonds. The topological polar surface area (TPSA) is 42.7 Å². The number of carbonyl (C=O) groups excluding carboxylic acids is 1. The molecular weight excluding hydrogens is 324 g/mol. The number of furan rings is 1. The second-order valence-electron chi connectivity index (χ2n) is 10.4. The minimum Gasteiger partial charge on any atom is -0.472 e. The molecule has 1 aromatic rings. The Morgan fingerprint density at radius 2 is 2.00 bits per heavy atom. The van der Waals surface area contributed by atoms with Gasteiger partial charge in [-0.05, 0) is 79.2 Å². The highest BCUT2D eigenvalue weighted by Gasteiger charge is 2.80. The molecule has 0 bridgehead atoms. The molecular formula is C23H30O3. The molecule has 2 heterocycles. The first-order chi connectivity index (χ1) is 12.5. The third-order valence-electron chi connectivity index (χ3n) is 9.85. The van der Waals surface area contributed by atoms with Gasteiger partial charge in [-0.25, -0.2) is 0 Å². The average Bonchev–Trinajstić information content (AvgIpc) is 2.99. The molecule has 1 saturated heterocycles. The summed E-state index contributed by atoms with van der Waals surface area (Å²) in [6.45, 7) is 5.02. The van der Waals surface area contributed by atoms with Crippen LogP contribution in [0.25, 0.3) is 0 Å². The summed E-state index contributed by atoms with van der Waals surface area (Å²) in [7, 11) is 0. The van der Waals surface area contributed by atoms with Crippen molar-refractivity contribution in [2.75, 3.05) is 0 Å². The zero-order chi connectivity index (χ0) is 17.7. The number of ketones is 1. The molecule has 140 valence electrons. The molecule has 1 aromatic heterocycles. The fraction of sp³-hybridized carbons (Fsp3) is 0.783. The Balaban J connectivity index is 1.37. The van der Waals surface area contributed by atoms with Crippen molar-refractivity contribution in [2.45, 2.75) is 82.8 Å². The molecule has 0 unspecified atom stereocenters. The van der Waals surface area contributed by atoms with Crippen LogP contribution in [0.5, 0.6) is 0 Å². The molecule has 8 atom stereocenters. The molecule has 0 N–H and O–H groups in total. The van der Waals surface area contributed by atoms with Gasteiger partial charge in [0.05, 0.1) is 18.6 Å². The first-order valence-electron chi connectivity index (χ1n) is 10.7. The van der Waals surface area contributed by atoms with Crippen molar-refractivity contribution in [1.29, 1.82) is 0 Å². The van der Waals surface area contributed by atoms with E-state index in [0.29, 0.717) is 35.1 Å². The maximum Gasteiger partial charge on any atom is 0.133 e. The molecule has 3 heteroatoms. The lowest BCUT2D eigenvalue weighted by Crippen LogP contribution is -2.58. The van der Waals surface area contributed by atoms with Gasteiger partial charge >= 0.3 is 0 Å². The monoisotopic (exact) mass is 354 g/mol. The highest BCUT2D eigenvalue weighted by atomic mass is 16.6. The van der Waals surface area contributed by atoms with Crippen LogP contribution in [0.2, 0.25) is 0 Å². The summed E-state index contributed by atoms with van der Waals surface area (Å²) in [5.41, 5.74) is 2.09. The first-order valence-corrected chi connectivity index (χ1v) is 10.7. The van der Waals surface area contributed by atoms with Crippen molar-refractivity contribution in [3.8, 4) is 0 Å². The van der Waals surface area contributed by atoms with Gasteiger partial charge in [-0.15, -0.1) is 0 Å². The normalized spacial score (nSPS) is 54.8. The van der Waals surface area contributed by atoms with Crippen molar-refractivity contribution in [1.82, 2.24) is 0 Å². The van der Waals surface area contributed by atoms with Gasteiger partial charge in [0.1, 0.15) is 11.4 Å². The predicted molar refractivity (Wildman–Crippen MR) is 97.7 cm³/mol. The van der Waals surface area contributed by atoms with Crippen molar-refractivity contribution in [3.63, 3.8) is 0 Å². The summed E-state index contributed by atoms with van der Waals surface area (Å²) in [6, 6.07) is 2.17. The summed E-state index contributed by atoms with van der Waals surface area (Å²) in [5, 5.41) is 0. The molecule has 4 saturated carbocycles. The quantitative estimate of drug-likeness (QED) is 0.659. The number of Topliss-reactive ketones (excluding diaryl/α,β-unsaturated/α-hetero) is 1. The fourth-order valence-electron chi connectivity index (χ4n) is 8.45. The van der Waals surface area contributed by atoms with Crippen LogP contribution >= 0.6 is 0 Å². The molecule has 0 radical (unpaired) electrons. The Morgan fingerprint density at radius 1 is 1.12 bits per heavy atom. The van der Waals surface area contributed by atoms with Crippen LogP contribution in [0, 0.1) is 28.6 Å². The van der Waals surface area contributed by atoms with Crippen LogP contribution in [0.3, 0.4) is 0 Å². The van der Waals surface area contributed by atoms with E-state index < -0.39 is 0 Å². The largest absolute Gasteiger partial charge is 0.472 e. The summed E-state index contributed by atoms with van der Waals surface area (Å²) in [6.07, 6.45) is 13.2. The zero-order valence-electron chi connectivity index (χ0n) is 16.0. The third-order valence-corrected chi connectivity index (χ3v) is 9.85. The van der Waals surface area contributed by atoms with E-state index >= 15 is 0 Å². The van der Waals surface area contributed by atoms with Crippen molar-refractivity contribution in [3.05, 3.63) is 24.2 Å². The number of hydrogen-bond donors (Lipinski definition) is 0. The van der Waals surface area contributed by atoms with Crippen molar-refractivity contribution >= 4 is 5.78 Å². The molecule has 5 fully saturated rings. The number of epoxide rings is 1. The van der Waals surface area contributed by atoms with Crippen molar-refractivity contribution < 1.29 is 13.9 Å². The Kier molecular flexibility index (Phi) is 2.96. The Morgan fingerprint density at radius 3 is 2.81 bits per heavy atom. The Hall–Kier alpha value is -1.09. The van der Waals surface area contributed by atoms with E-state index in [1.54, 1.807) is 0 Å². The number of carbonyl (C=O) groups is 1. The van der Waals surface area contributed by atoms with E-state index in [2.05, 4.69) is 19.9 Å². The lowest BCUT2D eigenvalue weighted by Gasteiger charge is -2.60. The van der Waals surface area contributed by atoms with Gasteiger partial charge in [0.25, 0.3) is 0 Å². The molecule has 4 aliphatic carbocycles. The molecule has 6 rings (SSSR count). The minimum absolute atomic E-state index is 0.104. The van der Waals surface area contributed by atoms with Crippen LogP contribution in [0.1, 0.15) is 76.7 Å². The number of rotatable bonds is 1. The highest BCUT2D eigenvalue weighted by Crippen LogP contribution is 2.77. The minimum atomic E-state index is 0.104. The van der Waals surface area contributed by atoms with E-state index in [1.807, 2.05) is 12.5 Å². The SMILES string of the molecule is C[C@]12CCC(=O)C[C@H]1CC[C@@H]1[C@@H]2CC[C@]2(C)[C@@H](c3ccoc3)C[C@H]3O[C@]132. The second-order valence-corrected chi connectivity index (χ2v) is 10.4. The van der Waals surface area contributed by atoms with Crippen molar-refractivity contribution in [2.24, 2.45) is 28.6 Å². The van der Waals surface area contributed by atoms with Gasteiger partial charge < -0.3 is 9.15 Å². The predicted octanol–water partition coefficient (Wildman–Crippen LogP) is 5.11. The van der Waals surface area contributed by atoms with E-state index in [9.17, 15) is 4.79 Å². The Labute approximate surface area is 155 Å². The van der Waals surface area contributed by atoms with Crippen LogP contribution in [0.15, 0.2) is 23.0 Å².